The summed E-state index contributed by atoms with van der Waals surface area (Å²) < 4.78 is 25.9. The lowest BCUT2D eigenvalue weighted by molar-refractivity contribution is 0.0628. The number of sulfonamides is 1. The Labute approximate surface area is 101 Å². The standard InChI is InChI=1S/C11H16N2O3S/c1-9-8-13(6-4-11(9)14)17(15,16)10-3-2-5-12-7-10/h2-3,5,7,9,11,14H,4,6,8H2,1H3. The first-order valence-electron chi connectivity index (χ1n) is 5.60. The van der Waals surface area contributed by atoms with Crippen molar-refractivity contribution in [2.24, 2.45) is 5.92 Å². The molecule has 1 aliphatic rings. The monoisotopic (exact) mass is 256 g/mol. The average molecular weight is 256 g/mol. The van der Waals surface area contributed by atoms with Gasteiger partial charge in [-0.25, -0.2) is 8.42 Å². The highest BCUT2D eigenvalue weighted by atomic mass is 32.2. The molecule has 0 spiro atoms. The van der Waals surface area contributed by atoms with Crippen LogP contribution in [0.3, 0.4) is 0 Å². The van der Waals surface area contributed by atoms with Gasteiger partial charge in [0.25, 0.3) is 0 Å². The van der Waals surface area contributed by atoms with Crippen molar-refractivity contribution in [1.82, 2.24) is 9.29 Å². The van der Waals surface area contributed by atoms with Gasteiger partial charge in [-0.15, -0.1) is 0 Å². The number of aliphatic hydroxyl groups excluding tert-OH is 1. The van der Waals surface area contributed by atoms with E-state index in [0.29, 0.717) is 19.5 Å². The van der Waals surface area contributed by atoms with Crippen molar-refractivity contribution < 1.29 is 13.5 Å². The van der Waals surface area contributed by atoms with E-state index >= 15 is 0 Å². The van der Waals surface area contributed by atoms with Gasteiger partial charge in [0, 0.05) is 25.5 Å². The molecule has 1 saturated heterocycles. The zero-order chi connectivity index (χ0) is 12.5. The summed E-state index contributed by atoms with van der Waals surface area (Å²) in [4.78, 5) is 4.04. The third kappa shape index (κ3) is 2.48. The maximum atomic E-state index is 12.2. The topological polar surface area (TPSA) is 70.5 Å². The van der Waals surface area contributed by atoms with E-state index in [4.69, 9.17) is 0 Å². The number of aliphatic hydroxyl groups is 1. The number of hydrogen-bond acceptors (Lipinski definition) is 4. The summed E-state index contributed by atoms with van der Waals surface area (Å²) in [7, 11) is -3.46. The quantitative estimate of drug-likeness (QED) is 0.835. The first kappa shape index (κ1) is 12.5. The molecule has 2 heterocycles. The van der Waals surface area contributed by atoms with Crippen molar-refractivity contribution in [3.05, 3.63) is 24.5 Å². The number of hydrogen-bond donors (Lipinski definition) is 1. The van der Waals surface area contributed by atoms with E-state index < -0.39 is 16.1 Å². The van der Waals surface area contributed by atoms with Crippen LogP contribution in [0.15, 0.2) is 29.4 Å². The Bertz CT molecular complexity index is 475. The van der Waals surface area contributed by atoms with Crippen LogP contribution in [0.4, 0.5) is 0 Å². The average Bonchev–Trinajstić information content (AvgIpc) is 2.33. The SMILES string of the molecule is CC1CN(S(=O)(=O)c2cccnc2)CCC1O. The molecular weight excluding hydrogens is 240 g/mol. The van der Waals surface area contributed by atoms with Crippen LogP contribution in [0, 0.1) is 5.92 Å². The number of rotatable bonds is 2. The Kier molecular flexibility index (Phi) is 3.46. The second-order valence-corrected chi connectivity index (χ2v) is 6.32. The number of aromatic nitrogens is 1. The highest BCUT2D eigenvalue weighted by Crippen LogP contribution is 2.23. The molecule has 1 aromatic rings. The Morgan fingerprint density at radius 3 is 2.88 bits per heavy atom. The van der Waals surface area contributed by atoms with E-state index in [1.807, 2.05) is 6.92 Å². The second kappa shape index (κ2) is 4.72. The van der Waals surface area contributed by atoms with Gasteiger partial charge in [0.15, 0.2) is 0 Å². The van der Waals surface area contributed by atoms with E-state index in [9.17, 15) is 13.5 Å². The molecule has 1 N–H and O–H groups in total. The van der Waals surface area contributed by atoms with Crippen LogP contribution in [-0.4, -0.2) is 42.0 Å². The molecule has 0 amide bonds. The van der Waals surface area contributed by atoms with Gasteiger partial charge in [0.1, 0.15) is 4.90 Å². The summed E-state index contributed by atoms with van der Waals surface area (Å²) in [5.41, 5.74) is 0. The largest absolute Gasteiger partial charge is 0.393 e. The highest BCUT2D eigenvalue weighted by Gasteiger charge is 2.32. The van der Waals surface area contributed by atoms with Crippen molar-refractivity contribution in [3.8, 4) is 0 Å². The maximum Gasteiger partial charge on any atom is 0.244 e. The minimum absolute atomic E-state index is 0.0322. The molecule has 0 bridgehead atoms. The molecule has 5 nitrogen and oxygen atoms in total. The Morgan fingerprint density at radius 1 is 1.53 bits per heavy atom. The van der Waals surface area contributed by atoms with Gasteiger partial charge in [-0.2, -0.15) is 4.31 Å². The van der Waals surface area contributed by atoms with E-state index in [1.165, 1.54) is 16.6 Å². The van der Waals surface area contributed by atoms with Crippen LogP contribution in [0.5, 0.6) is 0 Å². The minimum atomic E-state index is -3.46. The van der Waals surface area contributed by atoms with Crippen molar-refractivity contribution in [2.75, 3.05) is 13.1 Å². The number of piperidine rings is 1. The normalized spacial score (nSPS) is 26.9. The van der Waals surface area contributed by atoms with Gasteiger partial charge < -0.3 is 5.11 Å². The molecular formula is C11H16N2O3S. The van der Waals surface area contributed by atoms with Crippen molar-refractivity contribution >= 4 is 10.0 Å². The molecule has 0 saturated carbocycles. The Morgan fingerprint density at radius 2 is 2.29 bits per heavy atom. The zero-order valence-electron chi connectivity index (χ0n) is 9.65. The molecule has 6 heteroatoms. The first-order chi connectivity index (χ1) is 8.01. The van der Waals surface area contributed by atoms with Crippen LogP contribution in [-0.2, 0) is 10.0 Å². The molecule has 17 heavy (non-hydrogen) atoms. The second-order valence-electron chi connectivity index (χ2n) is 4.39. The molecule has 94 valence electrons. The predicted octanol–water partition coefficient (Wildman–Crippen LogP) is 0.473. The summed E-state index contributed by atoms with van der Waals surface area (Å²) in [6, 6.07) is 3.15. The summed E-state index contributed by atoms with van der Waals surface area (Å²) in [5, 5.41) is 9.60. The van der Waals surface area contributed by atoms with Gasteiger partial charge in [-0.05, 0) is 24.5 Å². The summed E-state index contributed by atoms with van der Waals surface area (Å²) in [5.74, 6) is -0.0322. The fourth-order valence-corrected chi connectivity index (χ4v) is 3.48. The first-order valence-corrected chi connectivity index (χ1v) is 7.04. The lowest BCUT2D eigenvalue weighted by Gasteiger charge is -2.33. The van der Waals surface area contributed by atoms with Crippen molar-refractivity contribution in [3.63, 3.8) is 0 Å². The number of pyridine rings is 1. The third-order valence-electron chi connectivity index (χ3n) is 3.09. The molecule has 1 aliphatic heterocycles. The Balaban J connectivity index is 2.23. The molecule has 0 radical (unpaired) electrons. The van der Waals surface area contributed by atoms with Crippen LogP contribution in [0.2, 0.25) is 0 Å². The van der Waals surface area contributed by atoms with Gasteiger partial charge in [-0.1, -0.05) is 6.92 Å². The lowest BCUT2D eigenvalue weighted by Crippen LogP contribution is -2.44. The molecule has 0 aromatic carbocycles. The van der Waals surface area contributed by atoms with Crippen molar-refractivity contribution in [1.29, 1.82) is 0 Å². The van der Waals surface area contributed by atoms with E-state index in [-0.39, 0.29) is 10.8 Å². The molecule has 0 aliphatic carbocycles. The summed E-state index contributed by atoms with van der Waals surface area (Å²) in [6.07, 6.45) is 2.98. The van der Waals surface area contributed by atoms with Crippen LogP contribution in [0.25, 0.3) is 0 Å². The van der Waals surface area contributed by atoms with E-state index in [1.54, 1.807) is 12.3 Å². The van der Waals surface area contributed by atoms with Gasteiger partial charge in [0.05, 0.1) is 6.10 Å². The van der Waals surface area contributed by atoms with E-state index in [0.717, 1.165) is 0 Å². The van der Waals surface area contributed by atoms with Gasteiger partial charge in [-0.3, -0.25) is 4.98 Å². The molecule has 2 unspecified atom stereocenters. The molecule has 2 atom stereocenters. The molecule has 1 aromatic heterocycles. The van der Waals surface area contributed by atoms with Gasteiger partial charge in [0.2, 0.25) is 10.0 Å². The zero-order valence-corrected chi connectivity index (χ0v) is 10.5. The third-order valence-corrected chi connectivity index (χ3v) is 4.94. The summed E-state index contributed by atoms with van der Waals surface area (Å²) in [6.45, 7) is 2.58. The van der Waals surface area contributed by atoms with Gasteiger partial charge >= 0.3 is 0 Å². The maximum absolute atomic E-state index is 12.2. The lowest BCUT2D eigenvalue weighted by atomic mass is 9.99. The minimum Gasteiger partial charge on any atom is -0.393 e. The summed E-state index contributed by atoms with van der Waals surface area (Å²) >= 11 is 0. The van der Waals surface area contributed by atoms with Crippen LogP contribution < -0.4 is 0 Å². The molecule has 2 rings (SSSR count). The van der Waals surface area contributed by atoms with Crippen molar-refractivity contribution in [2.45, 2.75) is 24.3 Å². The fourth-order valence-electron chi connectivity index (χ4n) is 1.96. The number of nitrogens with zero attached hydrogens (tertiary/aromatic N) is 2. The highest BCUT2D eigenvalue weighted by molar-refractivity contribution is 7.89. The van der Waals surface area contributed by atoms with Crippen LogP contribution >= 0.6 is 0 Å². The van der Waals surface area contributed by atoms with E-state index in [2.05, 4.69) is 4.98 Å². The molecule has 1 fully saturated rings. The van der Waals surface area contributed by atoms with Crippen LogP contribution in [0.1, 0.15) is 13.3 Å². The Hall–Kier alpha value is -0.980. The smallest absolute Gasteiger partial charge is 0.244 e. The fraction of sp³-hybridized carbons (Fsp3) is 0.545. The predicted molar refractivity (Wildman–Crippen MR) is 62.8 cm³/mol.